The molecule has 0 bridgehead atoms. The predicted molar refractivity (Wildman–Crippen MR) is 81.9 cm³/mol. The van der Waals surface area contributed by atoms with Crippen LogP contribution >= 0.6 is 11.3 Å². The maximum absolute atomic E-state index is 13.4. The van der Waals surface area contributed by atoms with E-state index in [4.69, 9.17) is 0 Å². The molecule has 0 amide bonds. The summed E-state index contributed by atoms with van der Waals surface area (Å²) in [5.74, 6) is -0.800. The molecule has 2 heterocycles. The average molecular weight is 345 g/mol. The third-order valence-electron chi connectivity index (χ3n) is 3.24. The van der Waals surface area contributed by atoms with Crippen molar-refractivity contribution in [2.45, 2.75) is 37.4 Å². The second kappa shape index (κ2) is 6.67. The Balaban J connectivity index is 2.33. The number of rotatable bonds is 6. The average Bonchev–Trinajstić information content (AvgIpc) is 2.92. The van der Waals surface area contributed by atoms with Crippen molar-refractivity contribution in [1.82, 2.24) is 14.9 Å². The van der Waals surface area contributed by atoms with Crippen molar-refractivity contribution in [2.24, 2.45) is 0 Å². The molecule has 2 aromatic rings. The first-order valence-electron chi connectivity index (χ1n) is 6.72. The van der Waals surface area contributed by atoms with Gasteiger partial charge in [0, 0.05) is 12.1 Å². The number of aromatic amines is 1. The molecule has 6 nitrogen and oxygen atoms in total. The number of aryl methyl sites for hydroxylation is 1. The van der Waals surface area contributed by atoms with Gasteiger partial charge in [-0.05, 0) is 29.9 Å². The summed E-state index contributed by atoms with van der Waals surface area (Å²) in [6.45, 7) is 3.56. The summed E-state index contributed by atoms with van der Waals surface area (Å²) in [4.78, 5) is 11.9. The van der Waals surface area contributed by atoms with E-state index < -0.39 is 21.4 Å². The highest BCUT2D eigenvalue weighted by atomic mass is 32.2. The maximum Gasteiger partial charge on any atom is 0.268 e. The van der Waals surface area contributed by atoms with Crippen molar-refractivity contribution in [3.63, 3.8) is 0 Å². The van der Waals surface area contributed by atoms with Gasteiger partial charge in [0.1, 0.15) is 0 Å². The number of H-pyrrole nitrogens is 1. The summed E-state index contributed by atoms with van der Waals surface area (Å²) in [6, 6.07) is 1.09. The first-order chi connectivity index (χ1) is 10.4. The topological polar surface area (TPSA) is 91.9 Å². The first-order valence-corrected chi connectivity index (χ1v) is 9.08. The van der Waals surface area contributed by atoms with Gasteiger partial charge in [0.25, 0.3) is 15.6 Å². The molecule has 22 heavy (non-hydrogen) atoms. The number of hydrogen-bond donors (Lipinski definition) is 2. The molecule has 0 aliphatic carbocycles. The highest BCUT2D eigenvalue weighted by Gasteiger charge is 2.22. The van der Waals surface area contributed by atoms with Gasteiger partial charge in [-0.1, -0.05) is 13.8 Å². The van der Waals surface area contributed by atoms with Crippen LogP contribution in [-0.4, -0.2) is 18.6 Å². The number of nitrogens with one attached hydrogen (secondary N) is 2. The lowest BCUT2D eigenvalue weighted by Gasteiger charge is -2.11. The van der Waals surface area contributed by atoms with Gasteiger partial charge in [-0.15, -0.1) is 11.3 Å². The van der Waals surface area contributed by atoms with Crippen molar-refractivity contribution in [2.75, 3.05) is 0 Å². The van der Waals surface area contributed by atoms with Gasteiger partial charge in [-0.25, -0.2) is 22.6 Å². The summed E-state index contributed by atoms with van der Waals surface area (Å²) in [5.41, 5.74) is 1.32. The van der Waals surface area contributed by atoms with E-state index in [-0.39, 0.29) is 10.8 Å². The predicted octanol–water partition coefficient (Wildman–Crippen LogP) is 1.57. The summed E-state index contributed by atoms with van der Waals surface area (Å²) < 4.78 is 39.5. The molecule has 0 fully saturated rings. The van der Waals surface area contributed by atoms with Crippen LogP contribution in [-0.2, 0) is 29.4 Å². The third kappa shape index (κ3) is 3.26. The quantitative estimate of drug-likeness (QED) is 0.831. The zero-order chi connectivity index (χ0) is 16.3. The molecule has 0 spiro atoms. The lowest BCUT2D eigenvalue weighted by atomic mass is 10.0. The van der Waals surface area contributed by atoms with Gasteiger partial charge in [-0.3, -0.25) is 4.79 Å². The largest absolute Gasteiger partial charge is 0.268 e. The number of aromatic nitrogens is 2. The fraction of sp³-hybridized carbons (Fsp3) is 0.385. The Labute approximate surface area is 131 Å². The molecule has 0 aliphatic rings. The Morgan fingerprint density at radius 3 is 2.59 bits per heavy atom. The molecule has 0 saturated carbocycles. The van der Waals surface area contributed by atoms with Crippen LogP contribution in [0.15, 0.2) is 20.5 Å². The van der Waals surface area contributed by atoms with Crippen LogP contribution in [0.25, 0.3) is 0 Å². The molecule has 0 atom stereocenters. The van der Waals surface area contributed by atoms with Crippen LogP contribution in [0.2, 0.25) is 0 Å². The third-order valence-corrected chi connectivity index (χ3v) is 6.07. The first kappa shape index (κ1) is 16.8. The van der Waals surface area contributed by atoms with E-state index in [2.05, 4.69) is 14.9 Å². The molecule has 0 unspecified atom stereocenters. The number of sulfonamides is 1. The van der Waals surface area contributed by atoms with E-state index >= 15 is 0 Å². The minimum Gasteiger partial charge on any atom is -0.268 e. The van der Waals surface area contributed by atoms with Crippen molar-refractivity contribution < 1.29 is 12.8 Å². The molecular weight excluding hydrogens is 329 g/mol. The van der Waals surface area contributed by atoms with Crippen LogP contribution < -0.4 is 10.3 Å². The SMILES string of the molecule is CCc1n[nH]c(=O)c(CNS(=O)(=O)c2sccc2F)c1CC. The van der Waals surface area contributed by atoms with E-state index in [1.165, 1.54) is 5.38 Å². The summed E-state index contributed by atoms with van der Waals surface area (Å²) in [5, 5.41) is 7.69. The lowest BCUT2D eigenvalue weighted by molar-refractivity contribution is 0.564. The highest BCUT2D eigenvalue weighted by Crippen LogP contribution is 2.21. The number of thiophene rings is 1. The smallest absolute Gasteiger partial charge is 0.268 e. The molecule has 9 heteroatoms. The molecule has 2 N–H and O–H groups in total. The van der Waals surface area contributed by atoms with Gasteiger partial charge in [-0.2, -0.15) is 5.10 Å². The standard InChI is InChI=1S/C13H16FN3O3S2/c1-3-8-9(12(18)17-16-11(8)4-2)7-15-22(19,20)13-10(14)5-6-21-13/h5-6,15H,3-4,7H2,1-2H3,(H,17,18). The van der Waals surface area contributed by atoms with Gasteiger partial charge in [0.15, 0.2) is 10.0 Å². The Morgan fingerprint density at radius 2 is 2.05 bits per heavy atom. The van der Waals surface area contributed by atoms with Crippen LogP contribution in [0.1, 0.15) is 30.7 Å². The van der Waals surface area contributed by atoms with Crippen molar-refractivity contribution in [1.29, 1.82) is 0 Å². The minimum atomic E-state index is -3.99. The molecule has 0 aromatic carbocycles. The van der Waals surface area contributed by atoms with Crippen LogP contribution in [0.3, 0.4) is 0 Å². The van der Waals surface area contributed by atoms with E-state index in [0.717, 1.165) is 28.7 Å². The Morgan fingerprint density at radius 1 is 1.32 bits per heavy atom. The highest BCUT2D eigenvalue weighted by molar-refractivity contribution is 7.91. The van der Waals surface area contributed by atoms with E-state index in [1.54, 1.807) is 0 Å². The molecule has 2 aromatic heterocycles. The normalized spacial score (nSPS) is 11.8. The Hall–Kier alpha value is -1.58. The number of halogens is 1. The summed E-state index contributed by atoms with van der Waals surface area (Å²) in [7, 11) is -3.99. The monoisotopic (exact) mass is 345 g/mol. The summed E-state index contributed by atoms with van der Waals surface area (Å²) in [6.07, 6.45) is 1.18. The van der Waals surface area contributed by atoms with Crippen molar-refractivity contribution in [3.8, 4) is 0 Å². The van der Waals surface area contributed by atoms with E-state index in [1.807, 2.05) is 13.8 Å². The molecule has 0 saturated heterocycles. The second-order valence-corrected chi connectivity index (χ2v) is 7.42. The number of nitrogens with zero attached hydrogens (tertiary/aromatic N) is 1. The molecular formula is C13H16FN3O3S2. The fourth-order valence-electron chi connectivity index (χ4n) is 2.17. The van der Waals surface area contributed by atoms with Crippen molar-refractivity contribution in [3.05, 3.63) is 44.4 Å². The van der Waals surface area contributed by atoms with Gasteiger partial charge < -0.3 is 0 Å². The van der Waals surface area contributed by atoms with Crippen LogP contribution in [0.5, 0.6) is 0 Å². The maximum atomic E-state index is 13.4. The second-order valence-electron chi connectivity index (χ2n) is 4.54. The summed E-state index contributed by atoms with van der Waals surface area (Å²) >= 11 is 0.790. The van der Waals surface area contributed by atoms with Crippen LogP contribution in [0, 0.1) is 5.82 Å². The molecule has 120 valence electrons. The lowest BCUT2D eigenvalue weighted by Crippen LogP contribution is -2.29. The zero-order valence-corrected chi connectivity index (χ0v) is 13.8. The Kier molecular flexibility index (Phi) is 5.09. The van der Waals surface area contributed by atoms with E-state index in [9.17, 15) is 17.6 Å². The van der Waals surface area contributed by atoms with Gasteiger partial charge >= 0.3 is 0 Å². The van der Waals surface area contributed by atoms with Crippen molar-refractivity contribution >= 4 is 21.4 Å². The Bertz CT molecular complexity index is 827. The minimum absolute atomic E-state index is 0.201. The molecule has 0 radical (unpaired) electrons. The van der Waals surface area contributed by atoms with Crippen LogP contribution in [0.4, 0.5) is 4.39 Å². The van der Waals surface area contributed by atoms with Gasteiger partial charge in [0.2, 0.25) is 0 Å². The number of hydrogen-bond acceptors (Lipinski definition) is 5. The van der Waals surface area contributed by atoms with E-state index in [0.29, 0.717) is 18.4 Å². The van der Waals surface area contributed by atoms with Gasteiger partial charge in [0.05, 0.1) is 5.69 Å². The zero-order valence-electron chi connectivity index (χ0n) is 12.1. The molecule has 0 aliphatic heterocycles. The fourth-order valence-corrected chi connectivity index (χ4v) is 4.30. The molecule has 2 rings (SSSR count).